The van der Waals surface area contributed by atoms with Gasteiger partial charge in [0.2, 0.25) is 17.7 Å². The van der Waals surface area contributed by atoms with Gasteiger partial charge in [-0.1, -0.05) is 6.07 Å². The summed E-state index contributed by atoms with van der Waals surface area (Å²) < 4.78 is 5.54. The highest BCUT2D eigenvalue weighted by atomic mass is 32.1. The van der Waals surface area contributed by atoms with Gasteiger partial charge in [-0.2, -0.15) is 0 Å². The van der Waals surface area contributed by atoms with Crippen molar-refractivity contribution in [2.24, 2.45) is 0 Å². The van der Waals surface area contributed by atoms with Gasteiger partial charge in [0.15, 0.2) is 5.13 Å². The zero-order chi connectivity index (χ0) is 22.2. The molecule has 0 spiro atoms. The van der Waals surface area contributed by atoms with Gasteiger partial charge < -0.3 is 20.3 Å². The SMILES string of the molecule is Cc1cc(C)cc(N(CC(=O)NC[C@@H]2CCCO2)C(=O)CCC(=O)Nc2nccs2)c1. The second kappa shape index (κ2) is 11.0. The molecular formula is C22H28N4O4S. The number of rotatable bonds is 9. The average Bonchev–Trinajstić information content (AvgIpc) is 3.42. The van der Waals surface area contributed by atoms with E-state index in [1.807, 2.05) is 32.0 Å². The number of anilines is 2. The number of thiazole rings is 1. The maximum absolute atomic E-state index is 13.0. The molecule has 3 amide bonds. The van der Waals surface area contributed by atoms with E-state index in [9.17, 15) is 14.4 Å². The Morgan fingerprint density at radius 2 is 1.94 bits per heavy atom. The van der Waals surface area contributed by atoms with E-state index in [1.54, 1.807) is 11.6 Å². The molecule has 1 atom stereocenters. The first-order valence-corrected chi connectivity index (χ1v) is 11.2. The highest BCUT2D eigenvalue weighted by Crippen LogP contribution is 2.20. The van der Waals surface area contributed by atoms with Gasteiger partial charge in [0.1, 0.15) is 6.54 Å². The van der Waals surface area contributed by atoms with E-state index in [0.717, 1.165) is 30.6 Å². The number of benzene rings is 1. The molecule has 31 heavy (non-hydrogen) atoms. The third-order valence-electron chi connectivity index (χ3n) is 4.92. The van der Waals surface area contributed by atoms with Crippen LogP contribution in [0.15, 0.2) is 29.8 Å². The Hall–Kier alpha value is -2.78. The smallest absolute Gasteiger partial charge is 0.240 e. The van der Waals surface area contributed by atoms with E-state index in [2.05, 4.69) is 15.6 Å². The number of hydrogen-bond donors (Lipinski definition) is 2. The minimum atomic E-state index is -0.286. The van der Waals surface area contributed by atoms with Gasteiger partial charge in [-0.15, -0.1) is 11.3 Å². The summed E-state index contributed by atoms with van der Waals surface area (Å²) in [5.74, 6) is -0.826. The first kappa shape index (κ1) is 22.9. The van der Waals surface area contributed by atoms with Crippen LogP contribution in [0.1, 0.15) is 36.8 Å². The second-order valence-electron chi connectivity index (χ2n) is 7.65. The summed E-state index contributed by atoms with van der Waals surface area (Å²) in [6, 6.07) is 5.74. The molecule has 0 saturated carbocycles. The van der Waals surface area contributed by atoms with E-state index in [-0.39, 0.29) is 43.2 Å². The summed E-state index contributed by atoms with van der Waals surface area (Å²) in [6.45, 7) is 4.93. The molecule has 1 aromatic carbocycles. The lowest BCUT2D eigenvalue weighted by molar-refractivity contribution is -0.125. The number of carbonyl (C=O) groups excluding carboxylic acids is 3. The minimum absolute atomic E-state index is 0.0107. The van der Waals surface area contributed by atoms with Gasteiger partial charge in [-0.3, -0.25) is 14.4 Å². The fraction of sp³-hybridized carbons (Fsp3) is 0.455. The lowest BCUT2D eigenvalue weighted by Crippen LogP contribution is -2.43. The van der Waals surface area contributed by atoms with Crippen LogP contribution >= 0.6 is 11.3 Å². The topological polar surface area (TPSA) is 101 Å². The zero-order valence-corrected chi connectivity index (χ0v) is 18.7. The second-order valence-corrected chi connectivity index (χ2v) is 8.54. The van der Waals surface area contributed by atoms with Crippen LogP contribution in [0.25, 0.3) is 0 Å². The summed E-state index contributed by atoms with van der Waals surface area (Å²) >= 11 is 1.31. The fourth-order valence-corrected chi connectivity index (χ4v) is 4.03. The molecule has 1 fully saturated rings. The average molecular weight is 445 g/mol. The van der Waals surface area contributed by atoms with Crippen molar-refractivity contribution in [1.29, 1.82) is 0 Å². The number of carbonyl (C=O) groups is 3. The number of ether oxygens (including phenoxy) is 1. The molecule has 1 aliphatic heterocycles. The van der Waals surface area contributed by atoms with Crippen LogP contribution in [0, 0.1) is 13.8 Å². The van der Waals surface area contributed by atoms with Crippen LogP contribution in [0.3, 0.4) is 0 Å². The minimum Gasteiger partial charge on any atom is -0.376 e. The molecular weight excluding hydrogens is 416 g/mol. The Morgan fingerprint density at radius 1 is 1.16 bits per heavy atom. The van der Waals surface area contributed by atoms with Crippen molar-refractivity contribution < 1.29 is 19.1 Å². The Kier molecular flexibility index (Phi) is 8.13. The maximum Gasteiger partial charge on any atom is 0.240 e. The van der Waals surface area contributed by atoms with E-state index in [0.29, 0.717) is 17.4 Å². The largest absolute Gasteiger partial charge is 0.376 e. The Morgan fingerprint density at radius 3 is 2.58 bits per heavy atom. The molecule has 0 bridgehead atoms. The molecule has 166 valence electrons. The first-order valence-electron chi connectivity index (χ1n) is 10.4. The van der Waals surface area contributed by atoms with E-state index < -0.39 is 0 Å². The third kappa shape index (κ3) is 7.15. The zero-order valence-electron chi connectivity index (χ0n) is 17.8. The van der Waals surface area contributed by atoms with Crippen molar-refractivity contribution in [1.82, 2.24) is 10.3 Å². The Bertz CT molecular complexity index is 890. The van der Waals surface area contributed by atoms with Crippen LogP contribution in [-0.2, 0) is 19.1 Å². The van der Waals surface area contributed by atoms with E-state index in [4.69, 9.17) is 4.74 Å². The highest BCUT2D eigenvalue weighted by molar-refractivity contribution is 7.13. The van der Waals surface area contributed by atoms with Crippen molar-refractivity contribution in [3.05, 3.63) is 40.9 Å². The van der Waals surface area contributed by atoms with Crippen molar-refractivity contribution in [3.63, 3.8) is 0 Å². The van der Waals surface area contributed by atoms with Gasteiger partial charge >= 0.3 is 0 Å². The van der Waals surface area contributed by atoms with Gasteiger partial charge in [0, 0.05) is 43.3 Å². The molecule has 2 heterocycles. The third-order valence-corrected chi connectivity index (χ3v) is 5.60. The lowest BCUT2D eigenvalue weighted by atomic mass is 10.1. The van der Waals surface area contributed by atoms with Crippen molar-refractivity contribution in [2.45, 2.75) is 45.6 Å². The molecule has 8 nitrogen and oxygen atoms in total. The lowest BCUT2D eigenvalue weighted by Gasteiger charge is -2.24. The van der Waals surface area contributed by atoms with Crippen molar-refractivity contribution in [3.8, 4) is 0 Å². The number of amides is 3. The summed E-state index contributed by atoms with van der Waals surface area (Å²) in [6.07, 6.45) is 3.55. The molecule has 0 radical (unpaired) electrons. The molecule has 0 aliphatic carbocycles. The normalized spacial score (nSPS) is 15.5. The number of aryl methyl sites for hydroxylation is 2. The first-order chi connectivity index (χ1) is 14.9. The number of nitrogens with one attached hydrogen (secondary N) is 2. The van der Waals surface area contributed by atoms with Crippen LogP contribution in [-0.4, -0.2) is 48.5 Å². The van der Waals surface area contributed by atoms with Crippen LogP contribution < -0.4 is 15.5 Å². The predicted molar refractivity (Wildman–Crippen MR) is 120 cm³/mol. The van der Waals surface area contributed by atoms with Gasteiger partial charge in [0.05, 0.1) is 6.10 Å². The molecule has 0 unspecified atom stereocenters. The molecule has 2 aromatic rings. The Labute approximate surface area is 186 Å². The number of hydrogen-bond acceptors (Lipinski definition) is 6. The molecule has 3 rings (SSSR count). The summed E-state index contributed by atoms with van der Waals surface area (Å²) in [4.78, 5) is 43.2. The number of nitrogens with zero attached hydrogens (tertiary/aromatic N) is 2. The summed E-state index contributed by atoms with van der Waals surface area (Å²) in [5, 5.41) is 7.79. The molecule has 1 aliphatic rings. The fourth-order valence-electron chi connectivity index (χ4n) is 3.48. The van der Waals surface area contributed by atoms with Crippen LogP contribution in [0.4, 0.5) is 10.8 Å². The monoisotopic (exact) mass is 444 g/mol. The number of aromatic nitrogens is 1. The van der Waals surface area contributed by atoms with Crippen LogP contribution in [0.2, 0.25) is 0 Å². The van der Waals surface area contributed by atoms with E-state index in [1.165, 1.54) is 16.2 Å². The molecule has 1 aromatic heterocycles. The standard InChI is InChI=1S/C22H28N4O4S/c1-15-10-16(2)12-17(11-15)26(14-20(28)24-13-18-4-3-8-30-18)21(29)6-5-19(27)25-22-23-7-9-31-22/h7,9-12,18H,3-6,8,13-14H2,1-2H3,(H,24,28)(H,23,25,27)/t18-/m0/s1. The van der Waals surface area contributed by atoms with Gasteiger partial charge in [-0.25, -0.2) is 4.98 Å². The predicted octanol–water partition coefficient (Wildman–Crippen LogP) is 2.81. The Balaban J connectivity index is 1.63. The highest BCUT2D eigenvalue weighted by Gasteiger charge is 2.22. The molecule has 2 N–H and O–H groups in total. The van der Waals surface area contributed by atoms with Crippen LogP contribution in [0.5, 0.6) is 0 Å². The van der Waals surface area contributed by atoms with Gasteiger partial charge in [0.25, 0.3) is 0 Å². The van der Waals surface area contributed by atoms with Crippen molar-refractivity contribution in [2.75, 3.05) is 29.9 Å². The van der Waals surface area contributed by atoms with E-state index >= 15 is 0 Å². The maximum atomic E-state index is 13.0. The van der Waals surface area contributed by atoms with Crippen molar-refractivity contribution >= 4 is 39.9 Å². The molecule has 1 saturated heterocycles. The summed E-state index contributed by atoms with van der Waals surface area (Å²) in [7, 11) is 0. The molecule has 9 heteroatoms. The quantitative estimate of drug-likeness (QED) is 0.619. The summed E-state index contributed by atoms with van der Waals surface area (Å²) in [5.41, 5.74) is 2.64. The van der Waals surface area contributed by atoms with Gasteiger partial charge in [-0.05, 0) is 49.9 Å².